The second-order valence-electron chi connectivity index (χ2n) is 6.06. The van der Waals surface area contributed by atoms with E-state index in [0.717, 1.165) is 10.2 Å². The first-order valence-corrected chi connectivity index (χ1v) is 7.31. The molecule has 0 aliphatic carbocycles. The molecule has 1 fully saturated rings. The first-order chi connectivity index (χ1) is 9.19. The van der Waals surface area contributed by atoms with Crippen LogP contribution in [0.3, 0.4) is 0 Å². The third-order valence-corrected chi connectivity index (χ3v) is 3.84. The number of amides is 1. The fourth-order valence-corrected chi connectivity index (χ4v) is 3.01. The minimum absolute atomic E-state index is 0.163. The Balaban J connectivity index is 2.12. The molecular formula is C13H20BrN3O3. The second kappa shape index (κ2) is 5.37. The molecule has 6 nitrogen and oxygen atoms in total. The van der Waals surface area contributed by atoms with E-state index in [1.807, 2.05) is 27.8 Å². The predicted octanol–water partition coefficient (Wildman–Crippen LogP) is 1.88. The number of hydrogen-bond acceptors (Lipinski definition) is 4. The molecule has 1 aromatic rings. The van der Waals surface area contributed by atoms with Gasteiger partial charge in [-0.3, -0.25) is 4.68 Å². The van der Waals surface area contributed by atoms with Gasteiger partial charge in [0.25, 0.3) is 0 Å². The van der Waals surface area contributed by atoms with Crippen LogP contribution in [0.15, 0.2) is 10.7 Å². The normalized spacial score (nSPS) is 23.2. The average Bonchev–Trinajstić information content (AvgIpc) is 2.81. The lowest BCUT2D eigenvalue weighted by molar-refractivity contribution is 0.0270. The van der Waals surface area contributed by atoms with E-state index in [9.17, 15) is 9.90 Å². The first kappa shape index (κ1) is 15.3. The van der Waals surface area contributed by atoms with Gasteiger partial charge in [-0.25, -0.2) is 4.79 Å². The fourth-order valence-electron chi connectivity index (χ4n) is 2.37. The van der Waals surface area contributed by atoms with Crippen LogP contribution in [0.4, 0.5) is 4.79 Å². The van der Waals surface area contributed by atoms with Crippen LogP contribution in [-0.4, -0.2) is 50.7 Å². The van der Waals surface area contributed by atoms with Crippen molar-refractivity contribution in [2.24, 2.45) is 7.05 Å². The molecule has 0 bridgehead atoms. The van der Waals surface area contributed by atoms with Gasteiger partial charge < -0.3 is 14.7 Å². The molecule has 0 spiro atoms. The zero-order valence-corrected chi connectivity index (χ0v) is 13.7. The quantitative estimate of drug-likeness (QED) is 0.843. The molecule has 1 aliphatic rings. The van der Waals surface area contributed by atoms with Gasteiger partial charge in [0.2, 0.25) is 0 Å². The summed E-state index contributed by atoms with van der Waals surface area (Å²) < 4.78 is 7.90. The van der Waals surface area contributed by atoms with Gasteiger partial charge in [0.15, 0.2) is 0 Å². The van der Waals surface area contributed by atoms with E-state index in [-0.39, 0.29) is 12.5 Å². The molecule has 1 N–H and O–H groups in total. The van der Waals surface area contributed by atoms with Crippen molar-refractivity contribution in [1.29, 1.82) is 0 Å². The van der Waals surface area contributed by atoms with Gasteiger partial charge in [0.05, 0.1) is 29.0 Å². The summed E-state index contributed by atoms with van der Waals surface area (Å²) in [6, 6.07) is 0. The molecule has 0 aromatic carbocycles. The lowest BCUT2D eigenvalue weighted by Gasteiger charge is -2.24. The van der Waals surface area contributed by atoms with E-state index in [1.54, 1.807) is 15.8 Å². The van der Waals surface area contributed by atoms with Gasteiger partial charge in [0, 0.05) is 19.5 Å². The minimum atomic E-state index is -0.616. The molecule has 1 aromatic heterocycles. The van der Waals surface area contributed by atoms with Crippen molar-refractivity contribution in [2.75, 3.05) is 13.1 Å². The molecule has 2 heterocycles. The summed E-state index contributed by atoms with van der Waals surface area (Å²) in [6.07, 6.45) is 0.685. The Bertz CT molecular complexity index is 490. The van der Waals surface area contributed by atoms with E-state index < -0.39 is 17.8 Å². The van der Waals surface area contributed by atoms with Crippen LogP contribution in [0.1, 0.15) is 32.4 Å². The second-order valence-corrected chi connectivity index (χ2v) is 6.91. The molecule has 112 valence electrons. The van der Waals surface area contributed by atoms with Gasteiger partial charge >= 0.3 is 6.09 Å². The summed E-state index contributed by atoms with van der Waals surface area (Å²) in [5.74, 6) is -0.163. The van der Waals surface area contributed by atoms with Crippen LogP contribution < -0.4 is 0 Å². The number of aliphatic hydroxyl groups is 1. The number of ether oxygens (including phenoxy) is 1. The van der Waals surface area contributed by atoms with Crippen LogP contribution in [0.2, 0.25) is 0 Å². The predicted molar refractivity (Wildman–Crippen MR) is 77.5 cm³/mol. The van der Waals surface area contributed by atoms with Crippen molar-refractivity contribution in [3.8, 4) is 0 Å². The standard InChI is InChI=1S/C13H20BrN3O3/c1-13(2,3)20-12(19)17-6-8(10(18)7-17)11-9(14)5-15-16(11)4/h5,8,10,18H,6-7H2,1-4H3/t8-,10-/m1/s1. The molecule has 0 radical (unpaired) electrons. The summed E-state index contributed by atoms with van der Waals surface area (Å²) in [5, 5.41) is 14.4. The van der Waals surface area contributed by atoms with Crippen LogP contribution >= 0.6 is 15.9 Å². The van der Waals surface area contributed by atoms with E-state index >= 15 is 0 Å². The highest BCUT2D eigenvalue weighted by Crippen LogP contribution is 2.32. The molecule has 2 atom stereocenters. The number of aryl methyl sites for hydroxylation is 1. The van der Waals surface area contributed by atoms with Crippen LogP contribution in [0.25, 0.3) is 0 Å². The number of likely N-dealkylation sites (tertiary alicyclic amines) is 1. The summed E-state index contributed by atoms with van der Waals surface area (Å²) in [6.45, 7) is 6.18. The van der Waals surface area contributed by atoms with Crippen molar-refractivity contribution >= 4 is 22.0 Å². The molecular weight excluding hydrogens is 326 g/mol. The van der Waals surface area contributed by atoms with Crippen molar-refractivity contribution in [2.45, 2.75) is 38.4 Å². The lowest BCUT2D eigenvalue weighted by atomic mass is 10.0. The minimum Gasteiger partial charge on any atom is -0.444 e. The molecule has 1 saturated heterocycles. The number of carbonyl (C=O) groups excluding carboxylic acids is 1. The van der Waals surface area contributed by atoms with Crippen molar-refractivity contribution in [3.63, 3.8) is 0 Å². The highest BCUT2D eigenvalue weighted by molar-refractivity contribution is 9.10. The topological polar surface area (TPSA) is 67.6 Å². The highest BCUT2D eigenvalue weighted by Gasteiger charge is 2.39. The van der Waals surface area contributed by atoms with Crippen LogP contribution in [0, 0.1) is 0 Å². The van der Waals surface area contributed by atoms with Gasteiger partial charge in [-0.15, -0.1) is 0 Å². The van der Waals surface area contributed by atoms with E-state index in [4.69, 9.17) is 4.74 Å². The monoisotopic (exact) mass is 345 g/mol. The Morgan fingerprint density at radius 3 is 2.65 bits per heavy atom. The van der Waals surface area contributed by atoms with Crippen LogP contribution in [0.5, 0.6) is 0 Å². The Hall–Kier alpha value is -1.08. The SMILES string of the molecule is Cn1ncc(Br)c1[C@@H]1CN(C(=O)OC(C)(C)C)C[C@H]1O. The zero-order valence-electron chi connectivity index (χ0n) is 12.1. The maximum atomic E-state index is 12.0. The van der Waals surface area contributed by atoms with Gasteiger partial charge in [-0.1, -0.05) is 0 Å². The smallest absolute Gasteiger partial charge is 0.410 e. The number of aromatic nitrogens is 2. The van der Waals surface area contributed by atoms with Gasteiger partial charge in [-0.05, 0) is 36.7 Å². The number of aliphatic hydroxyl groups excluding tert-OH is 1. The molecule has 1 aliphatic heterocycles. The number of halogens is 1. The van der Waals surface area contributed by atoms with Crippen molar-refractivity contribution in [1.82, 2.24) is 14.7 Å². The molecule has 0 unspecified atom stereocenters. The fraction of sp³-hybridized carbons (Fsp3) is 0.692. The summed E-state index contributed by atoms with van der Waals surface area (Å²) in [4.78, 5) is 13.6. The number of rotatable bonds is 1. The lowest BCUT2D eigenvalue weighted by Crippen LogP contribution is -2.35. The molecule has 7 heteroatoms. The maximum Gasteiger partial charge on any atom is 0.410 e. The van der Waals surface area contributed by atoms with E-state index in [0.29, 0.717) is 6.54 Å². The summed E-state index contributed by atoms with van der Waals surface area (Å²) >= 11 is 3.43. The summed E-state index contributed by atoms with van der Waals surface area (Å²) in [7, 11) is 1.82. The average molecular weight is 346 g/mol. The summed E-state index contributed by atoms with van der Waals surface area (Å²) in [5.41, 5.74) is 0.358. The number of carbonyl (C=O) groups is 1. The Morgan fingerprint density at radius 1 is 1.50 bits per heavy atom. The van der Waals surface area contributed by atoms with Gasteiger partial charge in [0.1, 0.15) is 5.60 Å². The van der Waals surface area contributed by atoms with Crippen LogP contribution in [-0.2, 0) is 11.8 Å². The maximum absolute atomic E-state index is 12.0. The number of nitrogens with zero attached hydrogens (tertiary/aromatic N) is 3. The Morgan fingerprint density at radius 2 is 2.15 bits per heavy atom. The van der Waals surface area contributed by atoms with E-state index in [1.165, 1.54) is 0 Å². The number of hydrogen-bond donors (Lipinski definition) is 1. The highest BCUT2D eigenvalue weighted by atomic mass is 79.9. The Kier molecular flexibility index (Phi) is 4.11. The zero-order chi connectivity index (χ0) is 15.1. The third kappa shape index (κ3) is 3.15. The van der Waals surface area contributed by atoms with Crippen molar-refractivity contribution < 1.29 is 14.6 Å². The van der Waals surface area contributed by atoms with E-state index in [2.05, 4.69) is 21.0 Å². The Labute approximate surface area is 126 Å². The first-order valence-electron chi connectivity index (χ1n) is 6.52. The molecule has 0 saturated carbocycles. The molecule has 20 heavy (non-hydrogen) atoms. The van der Waals surface area contributed by atoms with Crippen molar-refractivity contribution in [3.05, 3.63) is 16.4 Å². The number of β-amino-alcohol motifs (C(OH)–C–C–N with tert-alkyl or cyclic N) is 1. The molecule has 1 amide bonds. The molecule has 2 rings (SSSR count). The third-order valence-electron chi connectivity index (χ3n) is 3.23. The van der Waals surface area contributed by atoms with Gasteiger partial charge in [-0.2, -0.15) is 5.10 Å². The largest absolute Gasteiger partial charge is 0.444 e.